The largest absolute Gasteiger partial charge is 0.358 e. The Morgan fingerprint density at radius 2 is 2.00 bits per heavy atom. The third-order valence-electron chi connectivity index (χ3n) is 3.96. The molecule has 0 amide bonds. The summed E-state index contributed by atoms with van der Waals surface area (Å²) in [5.41, 5.74) is 3.36. The summed E-state index contributed by atoms with van der Waals surface area (Å²) in [4.78, 5) is 15.8. The van der Waals surface area contributed by atoms with Crippen LogP contribution in [0.15, 0.2) is 27.5 Å². The van der Waals surface area contributed by atoms with Crippen LogP contribution in [-0.2, 0) is 0 Å². The third-order valence-corrected chi connectivity index (χ3v) is 4.62. The maximum Gasteiger partial charge on any atom is 0.190 e. The monoisotopic (exact) mass is 305 g/mol. The van der Waals surface area contributed by atoms with Gasteiger partial charge in [-0.25, -0.2) is 0 Å². The molecule has 2 nitrogen and oxygen atoms in total. The van der Waals surface area contributed by atoms with Crippen molar-refractivity contribution in [3.05, 3.63) is 44.2 Å². The van der Waals surface area contributed by atoms with E-state index in [1.54, 1.807) is 6.07 Å². The van der Waals surface area contributed by atoms with Crippen molar-refractivity contribution in [1.82, 2.24) is 4.98 Å². The van der Waals surface area contributed by atoms with E-state index < -0.39 is 0 Å². The van der Waals surface area contributed by atoms with E-state index in [4.69, 9.17) is 0 Å². The van der Waals surface area contributed by atoms with Gasteiger partial charge in [-0.05, 0) is 53.2 Å². The van der Waals surface area contributed by atoms with Gasteiger partial charge >= 0.3 is 0 Å². The molecule has 1 heterocycles. The molecule has 3 rings (SSSR count). The van der Waals surface area contributed by atoms with E-state index >= 15 is 0 Å². The topological polar surface area (TPSA) is 32.9 Å². The number of pyridine rings is 1. The van der Waals surface area contributed by atoms with Gasteiger partial charge < -0.3 is 4.98 Å². The highest BCUT2D eigenvalue weighted by molar-refractivity contribution is 9.10. The minimum absolute atomic E-state index is 0.126. The van der Waals surface area contributed by atoms with Crippen molar-refractivity contribution in [2.45, 2.75) is 38.5 Å². The summed E-state index contributed by atoms with van der Waals surface area (Å²) in [6.07, 6.45) is 4.97. The molecule has 1 saturated carbocycles. The second kappa shape index (κ2) is 4.54. The number of fused-ring (bicyclic) bond motifs is 1. The summed E-state index contributed by atoms with van der Waals surface area (Å²) < 4.78 is 0.877. The van der Waals surface area contributed by atoms with E-state index in [2.05, 4.69) is 20.9 Å². The first-order valence-corrected chi connectivity index (χ1v) is 7.28. The number of nitrogens with one attached hydrogen (secondary N) is 1. The maximum atomic E-state index is 12.3. The predicted octanol–water partition coefficient (Wildman–Crippen LogP) is 4.26. The highest BCUT2D eigenvalue weighted by atomic mass is 79.9. The number of H-pyrrole nitrogens is 1. The van der Waals surface area contributed by atoms with Crippen LogP contribution in [0.4, 0.5) is 0 Å². The van der Waals surface area contributed by atoms with Crippen LogP contribution in [0.2, 0.25) is 0 Å². The summed E-state index contributed by atoms with van der Waals surface area (Å²) in [5.74, 6) is 0.542. The van der Waals surface area contributed by atoms with Crippen molar-refractivity contribution in [2.75, 3.05) is 0 Å². The van der Waals surface area contributed by atoms with E-state index in [0.717, 1.165) is 26.6 Å². The highest BCUT2D eigenvalue weighted by Crippen LogP contribution is 2.33. The molecular formula is C15H16BrNO. The highest BCUT2D eigenvalue weighted by Gasteiger charge is 2.19. The van der Waals surface area contributed by atoms with Gasteiger partial charge in [-0.1, -0.05) is 18.9 Å². The number of benzene rings is 1. The van der Waals surface area contributed by atoms with Gasteiger partial charge in [-0.3, -0.25) is 4.79 Å². The quantitative estimate of drug-likeness (QED) is 0.839. The summed E-state index contributed by atoms with van der Waals surface area (Å²) in [6, 6.07) is 5.78. The molecule has 1 fully saturated rings. The molecule has 0 aliphatic heterocycles. The average molecular weight is 306 g/mol. The number of hydrogen-bond donors (Lipinski definition) is 1. The molecule has 0 unspecified atom stereocenters. The summed E-state index contributed by atoms with van der Waals surface area (Å²) in [7, 11) is 0. The molecular weight excluding hydrogens is 290 g/mol. The zero-order valence-corrected chi connectivity index (χ0v) is 12.0. The van der Waals surface area contributed by atoms with Gasteiger partial charge in [-0.2, -0.15) is 0 Å². The first-order valence-electron chi connectivity index (χ1n) is 6.49. The van der Waals surface area contributed by atoms with Crippen LogP contribution in [0.25, 0.3) is 10.9 Å². The lowest BCUT2D eigenvalue weighted by Crippen LogP contribution is -2.09. The van der Waals surface area contributed by atoms with Crippen molar-refractivity contribution >= 4 is 26.8 Å². The van der Waals surface area contributed by atoms with E-state index in [-0.39, 0.29) is 5.43 Å². The predicted molar refractivity (Wildman–Crippen MR) is 78.2 cm³/mol. The van der Waals surface area contributed by atoms with Gasteiger partial charge in [0.1, 0.15) is 0 Å². The van der Waals surface area contributed by atoms with E-state index in [0.29, 0.717) is 5.92 Å². The van der Waals surface area contributed by atoms with Crippen LogP contribution in [0.3, 0.4) is 0 Å². The van der Waals surface area contributed by atoms with Crippen LogP contribution in [0.5, 0.6) is 0 Å². The molecule has 0 atom stereocenters. The third kappa shape index (κ3) is 1.91. The lowest BCUT2D eigenvalue weighted by atomic mass is 10.0. The van der Waals surface area contributed by atoms with Gasteiger partial charge in [-0.15, -0.1) is 0 Å². The van der Waals surface area contributed by atoms with Gasteiger partial charge in [0.05, 0.1) is 10.9 Å². The maximum absolute atomic E-state index is 12.3. The number of aromatic nitrogens is 1. The zero-order chi connectivity index (χ0) is 12.7. The van der Waals surface area contributed by atoms with Crippen molar-refractivity contribution in [3.8, 4) is 0 Å². The Labute approximate surface area is 115 Å². The summed E-state index contributed by atoms with van der Waals surface area (Å²) in [6.45, 7) is 2.04. The zero-order valence-electron chi connectivity index (χ0n) is 10.4. The molecule has 1 aromatic heterocycles. The Morgan fingerprint density at radius 3 is 2.72 bits per heavy atom. The van der Waals surface area contributed by atoms with Crippen LogP contribution in [0.1, 0.15) is 42.9 Å². The average Bonchev–Trinajstić information content (AvgIpc) is 2.87. The van der Waals surface area contributed by atoms with Crippen molar-refractivity contribution in [3.63, 3.8) is 0 Å². The Bertz CT molecular complexity index is 653. The number of hydrogen-bond acceptors (Lipinski definition) is 1. The molecule has 0 spiro atoms. The Balaban J connectivity index is 2.26. The van der Waals surface area contributed by atoms with Crippen molar-refractivity contribution in [2.24, 2.45) is 0 Å². The molecule has 3 heteroatoms. The molecule has 0 radical (unpaired) electrons. The second-order valence-corrected chi connectivity index (χ2v) is 6.04. The molecule has 0 bridgehead atoms. The summed E-state index contributed by atoms with van der Waals surface area (Å²) >= 11 is 3.47. The molecule has 1 aliphatic rings. The van der Waals surface area contributed by atoms with Crippen molar-refractivity contribution < 1.29 is 0 Å². The van der Waals surface area contributed by atoms with Crippen LogP contribution in [0, 0.1) is 6.92 Å². The fourth-order valence-electron chi connectivity index (χ4n) is 2.93. The van der Waals surface area contributed by atoms with Crippen LogP contribution in [-0.4, -0.2) is 4.98 Å². The smallest absolute Gasteiger partial charge is 0.190 e. The molecule has 2 aromatic rings. The van der Waals surface area contributed by atoms with E-state index in [9.17, 15) is 4.79 Å². The Hall–Kier alpha value is -1.09. The molecule has 18 heavy (non-hydrogen) atoms. The van der Waals surface area contributed by atoms with E-state index in [1.165, 1.54) is 25.7 Å². The number of aryl methyl sites for hydroxylation is 1. The van der Waals surface area contributed by atoms with Crippen LogP contribution >= 0.6 is 15.9 Å². The summed E-state index contributed by atoms with van der Waals surface area (Å²) in [5, 5.41) is 0.775. The lowest BCUT2D eigenvalue weighted by molar-refractivity contribution is 0.700. The van der Waals surface area contributed by atoms with Crippen LogP contribution < -0.4 is 5.43 Å². The standard InChI is InChI=1S/C15H16BrNO/c1-9-6-7-11(16)14-13(18)8-12(17-15(9)14)10-4-2-3-5-10/h6-8,10H,2-5H2,1H3,(H,17,18). The second-order valence-electron chi connectivity index (χ2n) is 5.18. The molecule has 1 aromatic carbocycles. The molecule has 94 valence electrons. The fourth-order valence-corrected chi connectivity index (χ4v) is 3.46. The van der Waals surface area contributed by atoms with E-state index in [1.807, 2.05) is 19.1 Å². The molecule has 1 N–H and O–H groups in total. The molecule has 0 saturated heterocycles. The normalized spacial score (nSPS) is 16.6. The van der Waals surface area contributed by atoms with Gasteiger partial charge in [0.15, 0.2) is 5.43 Å². The Morgan fingerprint density at radius 1 is 1.28 bits per heavy atom. The molecule has 1 aliphatic carbocycles. The first kappa shape index (κ1) is 12.0. The lowest BCUT2D eigenvalue weighted by Gasteiger charge is -2.12. The number of rotatable bonds is 1. The minimum atomic E-state index is 0.126. The fraction of sp³-hybridized carbons (Fsp3) is 0.400. The Kier molecular flexibility index (Phi) is 3.02. The number of halogens is 1. The minimum Gasteiger partial charge on any atom is -0.358 e. The van der Waals surface area contributed by atoms with Gasteiger partial charge in [0.25, 0.3) is 0 Å². The van der Waals surface area contributed by atoms with Gasteiger partial charge in [0.2, 0.25) is 0 Å². The SMILES string of the molecule is Cc1ccc(Br)c2c(=O)cc(C3CCCC3)[nH]c12. The first-order chi connectivity index (χ1) is 8.66. The number of aromatic amines is 1. The van der Waals surface area contributed by atoms with Gasteiger partial charge in [0, 0.05) is 16.2 Å². The van der Waals surface area contributed by atoms with Crippen molar-refractivity contribution in [1.29, 1.82) is 0 Å².